The molecule has 0 aliphatic heterocycles. The van der Waals surface area contributed by atoms with Crippen molar-refractivity contribution in [3.05, 3.63) is 53.7 Å². The zero-order valence-corrected chi connectivity index (χ0v) is 11.4. The van der Waals surface area contributed by atoms with E-state index in [0.717, 1.165) is 0 Å². The van der Waals surface area contributed by atoms with Gasteiger partial charge in [0.1, 0.15) is 11.4 Å². The number of benzene rings is 1. The number of ether oxygens (including phenoxy) is 1. The maximum Gasteiger partial charge on any atom is 0.219 e. The number of aromatic nitrogens is 1. The molecule has 1 aromatic carbocycles. The fraction of sp³-hybridized carbons (Fsp3) is 0.200. The van der Waals surface area contributed by atoms with Crippen LogP contribution < -0.4 is 10.5 Å². The molecule has 0 radical (unpaired) electrons. The highest BCUT2D eigenvalue weighted by Crippen LogP contribution is 2.22. The van der Waals surface area contributed by atoms with Crippen LogP contribution in [0.25, 0.3) is 0 Å². The SMILES string of the molecule is CC(C)c1ccc(Oc2cccc(C(N)=NO)n2)cc1. The molecule has 5 nitrogen and oxygen atoms in total. The number of oxime groups is 1. The monoisotopic (exact) mass is 271 g/mol. The molecule has 1 heterocycles. The van der Waals surface area contributed by atoms with Crippen LogP contribution in [0, 0.1) is 0 Å². The fourth-order valence-electron chi connectivity index (χ4n) is 1.71. The van der Waals surface area contributed by atoms with E-state index in [9.17, 15) is 0 Å². The van der Waals surface area contributed by atoms with Crippen LogP contribution in [0.1, 0.15) is 31.0 Å². The average molecular weight is 271 g/mol. The molecule has 0 aliphatic rings. The summed E-state index contributed by atoms with van der Waals surface area (Å²) < 4.78 is 5.65. The van der Waals surface area contributed by atoms with Crippen LogP contribution in [0.15, 0.2) is 47.6 Å². The van der Waals surface area contributed by atoms with Gasteiger partial charge in [-0.25, -0.2) is 4.98 Å². The summed E-state index contributed by atoms with van der Waals surface area (Å²) in [6.45, 7) is 4.27. The van der Waals surface area contributed by atoms with Crippen molar-refractivity contribution in [3.8, 4) is 11.6 Å². The molecule has 0 saturated carbocycles. The summed E-state index contributed by atoms with van der Waals surface area (Å²) in [6.07, 6.45) is 0. The molecular weight excluding hydrogens is 254 g/mol. The second-order valence-electron chi connectivity index (χ2n) is 4.67. The first-order valence-corrected chi connectivity index (χ1v) is 6.33. The smallest absolute Gasteiger partial charge is 0.219 e. The lowest BCUT2D eigenvalue weighted by molar-refractivity contribution is 0.318. The normalized spacial score (nSPS) is 11.7. The van der Waals surface area contributed by atoms with Gasteiger partial charge in [-0.2, -0.15) is 0 Å². The molecule has 3 N–H and O–H groups in total. The van der Waals surface area contributed by atoms with E-state index in [-0.39, 0.29) is 5.84 Å². The van der Waals surface area contributed by atoms with Gasteiger partial charge in [-0.05, 0) is 29.7 Å². The number of nitrogens with zero attached hydrogens (tertiary/aromatic N) is 2. The highest BCUT2D eigenvalue weighted by molar-refractivity contribution is 5.95. The van der Waals surface area contributed by atoms with Gasteiger partial charge >= 0.3 is 0 Å². The molecule has 0 unspecified atom stereocenters. The number of hydrogen-bond acceptors (Lipinski definition) is 4. The number of hydrogen-bond donors (Lipinski definition) is 2. The molecule has 20 heavy (non-hydrogen) atoms. The van der Waals surface area contributed by atoms with Crippen LogP contribution in [0.3, 0.4) is 0 Å². The van der Waals surface area contributed by atoms with E-state index in [2.05, 4.69) is 24.0 Å². The quantitative estimate of drug-likeness (QED) is 0.387. The van der Waals surface area contributed by atoms with Gasteiger partial charge in [-0.1, -0.05) is 37.2 Å². The Balaban J connectivity index is 2.17. The van der Waals surface area contributed by atoms with Crippen LogP contribution in [-0.2, 0) is 0 Å². The molecule has 0 aliphatic carbocycles. The van der Waals surface area contributed by atoms with Crippen molar-refractivity contribution in [2.75, 3.05) is 0 Å². The highest BCUT2D eigenvalue weighted by atomic mass is 16.5. The molecule has 0 atom stereocenters. The summed E-state index contributed by atoms with van der Waals surface area (Å²) in [4.78, 5) is 4.16. The van der Waals surface area contributed by atoms with Crippen molar-refractivity contribution in [1.82, 2.24) is 4.98 Å². The van der Waals surface area contributed by atoms with Gasteiger partial charge in [-0.15, -0.1) is 0 Å². The number of nitrogens with two attached hydrogens (primary N) is 1. The van der Waals surface area contributed by atoms with Crippen molar-refractivity contribution in [2.45, 2.75) is 19.8 Å². The highest BCUT2D eigenvalue weighted by Gasteiger charge is 2.05. The topological polar surface area (TPSA) is 80.7 Å². The first-order chi connectivity index (χ1) is 9.60. The van der Waals surface area contributed by atoms with Crippen molar-refractivity contribution >= 4 is 5.84 Å². The number of rotatable bonds is 4. The second kappa shape index (κ2) is 6.06. The van der Waals surface area contributed by atoms with Crippen LogP contribution in [0.5, 0.6) is 11.6 Å². The minimum absolute atomic E-state index is 0.0504. The Morgan fingerprint density at radius 2 is 1.90 bits per heavy atom. The molecule has 0 amide bonds. The molecule has 2 aromatic rings. The summed E-state index contributed by atoms with van der Waals surface area (Å²) in [5.74, 6) is 1.52. The van der Waals surface area contributed by atoms with Crippen molar-refractivity contribution < 1.29 is 9.94 Å². The average Bonchev–Trinajstić information content (AvgIpc) is 2.47. The van der Waals surface area contributed by atoms with Gasteiger partial charge in [0, 0.05) is 6.07 Å². The third-order valence-corrected chi connectivity index (χ3v) is 2.86. The van der Waals surface area contributed by atoms with E-state index < -0.39 is 0 Å². The summed E-state index contributed by atoms with van der Waals surface area (Å²) in [6, 6.07) is 12.9. The molecule has 0 spiro atoms. The lowest BCUT2D eigenvalue weighted by atomic mass is 10.0. The van der Waals surface area contributed by atoms with Crippen LogP contribution in [0.4, 0.5) is 0 Å². The Bertz CT molecular complexity index is 607. The minimum atomic E-state index is -0.0504. The maximum atomic E-state index is 8.63. The molecule has 5 heteroatoms. The molecule has 104 valence electrons. The van der Waals surface area contributed by atoms with Gasteiger partial charge in [0.15, 0.2) is 5.84 Å². The van der Waals surface area contributed by atoms with E-state index >= 15 is 0 Å². The Morgan fingerprint density at radius 3 is 2.50 bits per heavy atom. The minimum Gasteiger partial charge on any atom is -0.439 e. The zero-order valence-electron chi connectivity index (χ0n) is 11.4. The molecule has 0 saturated heterocycles. The second-order valence-corrected chi connectivity index (χ2v) is 4.67. The zero-order chi connectivity index (χ0) is 14.5. The molecule has 1 aromatic heterocycles. The van der Waals surface area contributed by atoms with Crippen molar-refractivity contribution in [3.63, 3.8) is 0 Å². The fourth-order valence-corrected chi connectivity index (χ4v) is 1.71. The largest absolute Gasteiger partial charge is 0.439 e. The van der Waals surface area contributed by atoms with E-state index in [1.807, 2.05) is 24.3 Å². The summed E-state index contributed by atoms with van der Waals surface area (Å²) in [5.41, 5.74) is 7.10. The number of pyridine rings is 1. The van der Waals surface area contributed by atoms with Crippen molar-refractivity contribution in [1.29, 1.82) is 0 Å². The standard InChI is InChI=1S/C15H17N3O2/c1-10(2)11-6-8-12(9-7-11)20-14-5-3-4-13(17-14)15(16)18-19/h3-10,19H,1-2H3,(H2,16,18). The third-order valence-electron chi connectivity index (χ3n) is 2.86. The Labute approximate surface area is 117 Å². The van der Waals surface area contributed by atoms with Crippen LogP contribution in [-0.4, -0.2) is 16.0 Å². The predicted molar refractivity (Wildman–Crippen MR) is 77.4 cm³/mol. The van der Waals surface area contributed by atoms with Crippen LogP contribution in [0.2, 0.25) is 0 Å². The maximum absolute atomic E-state index is 8.63. The first kappa shape index (κ1) is 13.9. The molecule has 0 bridgehead atoms. The third kappa shape index (κ3) is 3.26. The van der Waals surface area contributed by atoms with Crippen LogP contribution >= 0.6 is 0 Å². The van der Waals surface area contributed by atoms with Gasteiger partial charge in [-0.3, -0.25) is 0 Å². The first-order valence-electron chi connectivity index (χ1n) is 6.33. The van der Waals surface area contributed by atoms with E-state index in [1.165, 1.54) is 5.56 Å². The van der Waals surface area contributed by atoms with E-state index in [0.29, 0.717) is 23.2 Å². The summed E-state index contributed by atoms with van der Waals surface area (Å²) in [5, 5.41) is 11.5. The lowest BCUT2D eigenvalue weighted by Crippen LogP contribution is -2.14. The molecular formula is C15H17N3O2. The summed E-state index contributed by atoms with van der Waals surface area (Å²) in [7, 11) is 0. The van der Waals surface area contributed by atoms with Gasteiger partial charge in [0.05, 0.1) is 0 Å². The van der Waals surface area contributed by atoms with E-state index in [4.69, 9.17) is 15.7 Å². The van der Waals surface area contributed by atoms with Gasteiger partial charge < -0.3 is 15.7 Å². The predicted octanol–water partition coefficient (Wildman–Crippen LogP) is 3.09. The van der Waals surface area contributed by atoms with E-state index in [1.54, 1.807) is 18.2 Å². The Hall–Kier alpha value is -2.56. The summed E-state index contributed by atoms with van der Waals surface area (Å²) >= 11 is 0. The Kier molecular flexibility index (Phi) is 4.20. The molecule has 0 fully saturated rings. The lowest BCUT2D eigenvalue weighted by Gasteiger charge is -2.08. The molecule has 2 rings (SSSR count). The van der Waals surface area contributed by atoms with Gasteiger partial charge in [0.25, 0.3) is 0 Å². The van der Waals surface area contributed by atoms with Gasteiger partial charge in [0.2, 0.25) is 5.88 Å². The Morgan fingerprint density at radius 1 is 1.20 bits per heavy atom. The number of amidine groups is 1. The van der Waals surface area contributed by atoms with Crippen molar-refractivity contribution in [2.24, 2.45) is 10.9 Å².